The van der Waals surface area contributed by atoms with E-state index < -0.39 is 0 Å². The number of hydrogen-bond acceptors (Lipinski definition) is 5. The van der Waals surface area contributed by atoms with Gasteiger partial charge in [0.15, 0.2) is 0 Å². The monoisotopic (exact) mass is 440 g/mol. The average Bonchev–Trinajstić information content (AvgIpc) is 2.83. The molecule has 1 atom stereocenters. The second-order valence-electron chi connectivity index (χ2n) is 8.00. The molecule has 5 nitrogen and oxygen atoms in total. The third kappa shape index (κ3) is 5.77. The fourth-order valence-corrected chi connectivity index (χ4v) is 3.59. The highest BCUT2D eigenvalue weighted by Crippen LogP contribution is 2.31. The minimum Gasteiger partial charge on any atom is -0.494 e. The fourth-order valence-electron chi connectivity index (χ4n) is 3.59. The van der Waals surface area contributed by atoms with Crippen molar-refractivity contribution in [3.8, 4) is 28.7 Å². The molecule has 0 amide bonds. The highest BCUT2D eigenvalue weighted by Gasteiger charge is 2.09. The number of ether oxygens (including phenoxy) is 3. The average molecular weight is 441 g/mol. The molecule has 5 heteroatoms. The summed E-state index contributed by atoms with van der Waals surface area (Å²) in [4.78, 5) is 0. The number of hydrogen-bond donors (Lipinski definition) is 2. The highest BCUT2D eigenvalue weighted by atomic mass is 16.5. The van der Waals surface area contributed by atoms with Crippen LogP contribution < -0.4 is 25.7 Å². The summed E-state index contributed by atoms with van der Waals surface area (Å²) in [5.41, 5.74) is 15.4. The van der Waals surface area contributed by atoms with Crippen LogP contribution >= 0.6 is 0 Å². The van der Waals surface area contributed by atoms with Crippen LogP contribution in [0.4, 0.5) is 11.4 Å². The summed E-state index contributed by atoms with van der Waals surface area (Å²) in [6.45, 7) is 2.22. The van der Waals surface area contributed by atoms with E-state index in [1.54, 1.807) is 19.2 Å². The molecule has 4 rings (SSSR count). The van der Waals surface area contributed by atoms with Crippen LogP contribution in [0.5, 0.6) is 28.7 Å². The molecule has 4 N–H and O–H groups in total. The van der Waals surface area contributed by atoms with Crippen LogP contribution in [-0.2, 0) is 6.42 Å². The van der Waals surface area contributed by atoms with Crippen molar-refractivity contribution in [1.29, 1.82) is 0 Å². The molecular formula is C28H28N2O3. The zero-order valence-corrected chi connectivity index (χ0v) is 18.8. The van der Waals surface area contributed by atoms with E-state index in [4.69, 9.17) is 25.7 Å². The van der Waals surface area contributed by atoms with Crippen molar-refractivity contribution in [3.63, 3.8) is 0 Å². The summed E-state index contributed by atoms with van der Waals surface area (Å²) in [5, 5.41) is 0. The van der Waals surface area contributed by atoms with Gasteiger partial charge < -0.3 is 25.7 Å². The van der Waals surface area contributed by atoms with Crippen LogP contribution in [0.25, 0.3) is 0 Å². The largest absolute Gasteiger partial charge is 0.494 e. The normalized spacial score (nSPS) is 11.6. The Labute approximate surface area is 194 Å². The van der Waals surface area contributed by atoms with Crippen molar-refractivity contribution in [2.45, 2.75) is 19.3 Å². The van der Waals surface area contributed by atoms with Gasteiger partial charge in [-0.2, -0.15) is 0 Å². The molecule has 0 aliphatic heterocycles. The van der Waals surface area contributed by atoms with E-state index in [1.807, 2.05) is 54.6 Å². The van der Waals surface area contributed by atoms with Crippen molar-refractivity contribution in [1.82, 2.24) is 0 Å². The molecule has 0 aliphatic rings. The highest BCUT2D eigenvalue weighted by molar-refractivity contribution is 5.56. The lowest BCUT2D eigenvalue weighted by molar-refractivity contribution is 0.411. The van der Waals surface area contributed by atoms with E-state index >= 15 is 0 Å². The van der Waals surface area contributed by atoms with Crippen molar-refractivity contribution < 1.29 is 14.2 Å². The Kier molecular flexibility index (Phi) is 6.69. The van der Waals surface area contributed by atoms with Gasteiger partial charge in [0, 0.05) is 11.8 Å². The second-order valence-corrected chi connectivity index (χ2v) is 8.00. The maximum atomic E-state index is 5.94. The van der Waals surface area contributed by atoms with Gasteiger partial charge in [0.2, 0.25) is 0 Å². The summed E-state index contributed by atoms with van der Waals surface area (Å²) in [6.07, 6.45) is 0.928. The summed E-state index contributed by atoms with van der Waals surface area (Å²) in [6, 6.07) is 29.2. The SMILES string of the molecule is COc1cc(Oc2ccc(C(C)Cc3ccc(Oc4ccc(N)cc4)cc3)cc2)ccc1N. The summed E-state index contributed by atoms with van der Waals surface area (Å²) in [7, 11) is 1.59. The third-order valence-electron chi connectivity index (χ3n) is 5.47. The maximum absolute atomic E-state index is 5.94. The molecule has 1 unspecified atom stereocenters. The number of anilines is 2. The molecule has 0 aliphatic carbocycles. The summed E-state index contributed by atoms with van der Waals surface area (Å²) in [5.74, 6) is 3.98. The van der Waals surface area contributed by atoms with Gasteiger partial charge in [0.25, 0.3) is 0 Å². The molecule has 0 saturated carbocycles. The van der Waals surface area contributed by atoms with Crippen molar-refractivity contribution in [2.75, 3.05) is 18.6 Å². The Balaban J connectivity index is 1.35. The Morgan fingerprint density at radius 2 is 1.18 bits per heavy atom. The van der Waals surface area contributed by atoms with E-state index in [0.29, 0.717) is 23.1 Å². The molecule has 0 saturated heterocycles. The summed E-state index contributed by atoms with van der Waals surface area (Å²) >= 11 is 0. The standard InChI is InChI=1S/C28H28N2O3/c1-19(17-20-3-9-23(10-4-20)32-25-13-7-22(29)8-14-25)21-5-11-24(12-6-21)33-26-15-16-27(30)28(18-26)31-2/h3-16,18-19H,17,29-30H2,1-2H3. The first-order valence-corrected chi connectivity index (χ1v) is 10.8. The van der Waals surface area contributed by atoms with Crippen molar-refractivity contribution in [2.24, 2.45) is 0 Å². The first-order valence-electron chi connectivity index (χ1n) is 10.8. The molecule has 0 aromatic heterocycles. The van der Waals surface area contributed by atoms with Crippen molar-refractivity contribution >= 4 is 11.4 Å². The smallest absolute Gasteiger partial charge is 0.145 e. The predicted molar refractivity (Wildman–Crippen MR) is 133 cm³/mol. The molecule has 0 heterocycles. The molecule has 4 aromatic rings. The summed E-state index contributed by atoms with van der Waals surface area (Å²) < 4.78 is 17.1. The lowest BCUT2D eigenvalue weighted by atomic mass is 9.94. The molecule has 168 valence electrons. The Hall–Kier alpha value is -4.12. The van der Waals surface area contributed by atoms with Crippen molar-refractivity contribution in [3.05, 3.63) is 102 Å². The third-order valence-corrected chi connectivity index (χ3v) is 5.47. The number of nitrogens with two attached hydrogens (primary N) is 2. The maximum Gasteiger partial charge on any atom is 0.145 e. The molecule has 0 spiro atoms. The zero-order chi connectivity index (χ0) is 23.2. The van der Waals surface area contributed by atoms with Gasteiger partial charge in [-0.1, -0.05) is 31.2 Å². The molecule has 0 radical (unpaired) electrons. The van der Waals surface area contributed by atoms with E-state index in [2.05, 4.69) is 31.2 Å². The lowest BCUT2D eigenvalue weighted by Crippen LogP contribution is -1.99. The molecular weight excluding hydrogens is 412 g/mol. The van der Waals surface area contributed by atoms with Gasteiger partial charge in [-0.15, -0.1) is 0 Å². The first-order chi connectivity index (χ1) is 16.0. The number of methoxy groups -OCH3 is 1. The van der Waals surface area contributed by atoms with Crippen LogP contribution in [0.2, 0.25) is 0 Å². The van der Waals surface area contributed by atoms with Gasteiger partial charge in [0.05, 0.1) is 12.8 Å². The van der Waals surface area contributed by atoms with Gasteiger partial charge in [-0.25, -0.2) is 0 Å². The van der Waals surface area contributed by atoms with Gasteiger partial charge in [-0.3, -0.25) is 0 Å². The van der Waals surface area contributed by atoms with E-state index in [-0.39, 0.29) is 0 Å². The molecule has 33 heavy (non-hydrogen) atoms. The van der Waals surface area contributed by atoms with E-state index in [0.717, 1.165) is 29.4 Å². The van der Waals surface area contributed by atoms with E-state index in [9.17, 15) is 0 Å². The Morgan fingerprint density at radius 3 is 1.79 bits per heavy atom. The minimum atomic E-state index is 0.361. The second kappa shape index (κ2) is 10.0. The number of nitrogen functional groups attached to an aromatic ring is 2. The van der Waals surface area contributed by atoms with E-state index in [1.165, 1.54) is 11.1 Å². The van der Waals surface area contributed by atoms with Gasteiger partial charge in [-0.05, 0) is 84.1 Å². The zero-order valence-electron chi connectivity index (χ0n) is 18.8. The molecule has 0 bridgehead atoms. The van der Waals surface area contributed by atoms with Crippen LogP contribution in [-0.4, -0.2) is 7.11 Å². The number of rotatable bonds is 8. The van der Waals surface area contributed by atoms with Gasteiger partial charge in [0.1, 0.15) is 28.7 Å². The minimum absolute atomic E-state index is 0.361. The number of benzene rings is 4. The fraction of sp³-hybridized carbons (Fsp3) is 0.143. The molecule has 4 aromatic carbocycles. The topological polar surface area (TPSA) is 79.7 Å². The first kappa shape index (κ1) is 22.1. The lowest BCUT2D eigenvalue weighted by Gasteiger charge is -2.14. The van der Waals surface area contributed by atoms with Crippen LogP contribution in [0.1, 0.15) is 24.0 Å². The van der Waals surface area contributed by atoms with Crippen LogP contribution in [0.15, 0.2) is 91.0 Å². The molecule has 0 fully saturated rings. The quantitative estimate of drug-likeness (QED) is 0.295. The Morgan fingerprint density at radius 1 is 0.667 bits per heavy atom. The van der Waals surface area contributed by atoms with Crippen LogP contribution in [0.3, 0.4) is 0 Å². The predicted octanol–water partition coefficient (Wildman–Crippen LogP) is 6.79. The van der Waals surface area contributed by atoms with Crippen LogP contribution in [0, 0.1) is 0 Å². The van der Waals surface area contributed by atoms with Gasteiger partial charge >= 0.3 is 0 Å². The Bertz CT molecular complexity index is 1190.